The minimum Gasteiger partial charge on any atom is -0.357 e. The molecule has 0 fully saturated rings. The Hall–Kier alpha value is -1.97. The van der Waals surface area contributed by atoms with Crippen LogP contribution in [0, 0.1) is 5.92 Å². The van der Waals surface area contributed by atoms with Gasteiger partial charge in [0.15, 0.2) is 5.82 Å². The van der Waals surface area contributed by atoms with Crippen molar-refractivity contribution in [1.29, 1.82) is 0 Å². The monoisotopic (exact) mass is 284 g/mol. The highest BCUT2D eigenvalue weighted by Crippen LogP contribution is 2.22. The molecule has 21 heavy (non-hydrogen) atoms. The van der Waals surface area contributed by atoms with E-state index in [-0.39, 0.29) is 0 Å². The summed E-state index contributed by atoms with van der Waals surface area (Å²) in [6, 6.07) is 6.41. The quantitative estimate of drug-likeness (QED) is 0.841. The first-order valence-corrected chi connectivity index (χ1v) is 7.54. The van der Waals surface area contributed by atoms with Crippen LogP contribution in [0.5, 0.6) is 0 Å². The maximum absolute atomic E-state index is 4.74. The molecule has 0 spiro atoms. The van der Waals surface area contributed by atoms with Crippen LogP contribution in [-0.2, 0) is 6.42 Å². The van der Waals surface area contributed by atoms with Gasteiger partial charge in [0, 0.05) is 42.8 Å². The van der Waals surface area contributed by atoms with E-state index < -0.39 is 0 Å². The maximum atomic E-state index is 4.74. The largest absolute Gasteiger partial charge is 0.357 e. The molecule has 0 unspecified atom stereocenters. The normalized spacial score (nSPS) is 12.5. The molecule has 0 saturated heterocycles. The third-order valence-corrected chi connectivity index (χ3v) is 4.00. The molecule has 0 aliphatic rings. The van der Waals surface area contributed by atoms with Crippen molar-refractivity contribution >= 4 is 5.82 Å². The zero-order chi connectivity index (χ0) is 15.4. The van der Waals surface area contributed by atoms with Crippen LogP contribution >= 0.6 is 0 Å². The Morgan fingerprint density at radius 2 is 1.76 bits per heavy atom. The smallest absolute Gasteiger partial charge is 0.161 e. The second-order valence-electron chi connectivity index (χ2n) is 5.73. The Balaban J connectivity index is 2.43. The third-order valence-electron chi connectivity index (χ3n) is 4.00. The molecule has 0 aromatic carbocycles. The summed E-state index contributed by atoms with van der Waals surface area (Å²) in [6.07, 6.45) is 4.45. The van der Waals surface area contributed by atoms with Crippen molar-refractivity contribution in [2.45, 2.75) is 40.2 Å². The molecule has 0 aliphatic heterocycles. The Morgan fingerprint density at radius 3 is 2.33 bits per heavy atom. The van der Waals surface area contributed by atoms with Gasteiger partial charge >= 0.3 is 0 Å². The number of anilines is 1. The number of pyridine rings is 1. The molecule has 0 aliphatic carbocycles. The first-order valence-electron chi connectivity index (χ1n) is 7.54. The molecule has 0 amide bonds. The van der Waals surface area contributed by atoms with Gasteiger partial charge in [-0.3, -0.25) is 4.98 Å². The second kappa shape index (κ2) is 6.66. The fraction of sp³-hybridized carbons (Fsp3) is 0.471. The summed E-state index contributed by atoms with van der Waals surface area (Å²) in [4.78, 5) is 15.7. The van der Waals surface area contributed by atoms with E-state index in [4.69, 9.17) is 4.98 Å². The Bertz CT molecular complexity index is 581. The number of hydrogen-bond donors (Lipinski definition) is 0. The third kappa shape index (κ3) is 3.57. The molecular weight excluding hydrogens is 260 g/mol. The van der Waals surface area contributed by atoms with Crippen LogP contribution in [0.15, 0.2) is 30.6 Å². The minimum absolute atomic E-state index is 0.426. The van der Waals surface area contributed by atoms with Gasteiger partial charge in [0.2, 0.25) is 0 Å². The summed E-state index contributed by atoms with van der Waals surface area (Å²) in [5, 5.41) is 0. The van der Waals surface area contributed by atoms with Gasteiger partial charge in [-0.2, -0.15) is 0 Å². The number of rotatable bonds is 5. The van der Waals surface area contributed by atoms with Crippen LogP contribution in [0.2, 0.25) is 0 Å². The summed E-state index contributed by atoms with van der Waals surface area (Å²) >= 11 is 0. The van der Waals surface area contributed by atoms with Crippen LogP contribution in [0.3, 0.4) is 0 Å². The van der Waals surface area contributed by atoms with Crippen molar-refractivity contribution in [3.05, 3.63) is 36.3 Å². The number of aryl methyl sites for hydroxylation is 1. The van der Waals surface area contributed by atoms with E-state index in [0.29, 0.717) is 12.0 Å². The summed E-state index contributed by atoms with van der Waals surface area (Å²) in [5.74, 6) is 2.32. The van der Waals surface area contributed by atoms with E-state index in [1.807, 2.05) is 12.1 Å². The van der Waals surface area contributed by atoms with E-state index in [9.17, 15) is 0 Å². The molecule has 0 radical (unpaired) electrons. The molecule has 2 rings (SSSR count). The van der Waals surface area contributed by atoms with Gasteiger partial charge in [-0.05, 0) is 31.4 Å². The van der Waals surface area contributed by atoms with Crippen molar-refractivity contribution < 1.29 is 0 Å². The van der Waals surface area contributed by atoms with E-state index in [1.54, 1.807) is 12.4 Å². The van der Waals surface area contributed by atoms with Gasteiger partial charge in [-0.15, -0.1) is 0 Å². The van der Waals surface area contributed by atoms with E-state index >= 15 is 0 Å². The SMILES string of the molecule is CCc1cc(N(C)[C@@H](C)C(C)C)nc(-c2ccncc2)n1. The molecule has 112 valence electrons. The standard InChI is InChI=1S/C17H24N4/c1-6-15-11-16(21(5)13(4)12(2)3)20-17(19-15)14-7-9-18-10-8-14/h7-13H,6H2,1-5H3/t13-/m0/s1. The zero-order valence-electron chi connectivity index (χ0n) is 13.5. The lowest BCUT2D eigenvalue weighted by Gasteiger charge is -2.29. The second-order valence-corrected chi connectivity index (χ2v) is 5.73. The summed E-state index contributed by atoms with van der Waals surface area (Å²) in [5.41, 5.74) is 2.07. The highest BCUT2D eigenvalue weighted by Gasteiger charge is 2.16. The lowest BCUT2D eigenvalue weighted by molar-refractivity contribution is 0.502. The van der Waals surface area contributed by atoms with Crippen molar-refractivity contribution in [2.75, 3.05) is 11.9 Å². The van der Waals surface area contributed by atoms with Gasteiger partial charge in [0.1, 0.15) is 5.82 Å². The van der Waals surface area contributed by atoms with Crippen molar-refractivity contribution in [3.63, 3.8) is 0 Å². The number of hydrogen-bond acceptors (Lipinski definition) is 4. The minimum atomic E-state index is 0.426. The van der Waals surface area contributed by atoms with Crippen LogP contribution in [-0.4, -0.2) is 28.0 Å². The van der Waals surface area contributed by atoms with Gasteiger partial charge in [0.25, 0.3) is 0 Å². The zero-order valence-corrected chi connectivity index (χ0v) is 13.5. The topological polar surface area (TPSA) is 41.9 Å². The number of nitrogens with zero attached hydrogens (tertiary/aromatic N) is 4. The first-order chi connectivity index (χ1) is 10.0. The molecule has 0 saturated carbocycles. The van der Waals surface area contributed by atoms with Crippen LogP contribution in [0.1, 0.15) is 33.4 Å². The Morgan fingerprint density at radius 1 is 1.10 bits per heavy atom. The van der Waals surface area contributed by atoms with Gasteiger partial charge in [0.05, 0.1) is 0 Å². The first kappa shape index (κ1) is 15.4. The highest BCUT2D eigenvalue weighted by molar-refractivity contribution is 5.57. The van der Waals surface area contributed by atoms with Crippen LogP contribution in [0.4, 0.5) is 5.82 Å². The highest BCUT2D eigenvalue weighted by atomic mass is 15.2. The molecule has 4 heteroatoms. The predicted octanol–water partition coefficient (Wildman–Crippen LogP) is 3.58. The fourth-order valence-corrected chi connectivity index (χ4v) is 2.13. The van der Waals surface area contributed by atoms with Crippen LogP contribution in [0.25, 0.3) is 11.4 Å². The maximum Gasteiger partial charge on any atom is 0.161 e. The molecule has 1 atom stereocenters. The van der Waals surface area contributed by atoms with E-state index in [2.05, 4.69) is 55.7 Å². The fourth-order valence-electron chi connectivity index (χ4n) is 2.13. The summed E-state index contributed by atoms with van der Waals surface area (Å²) in [6.45, 7) is 8.80. The molecule has 0 bridgehead atoms. The molecule has 2 aromatic heterocycles. The summed E-state index contributed by atoms with van der Waals surface area (Å²) in [7, 11) is 2.10. The van der Waals surface area contributed by atoms with Crippen LogP contribution < -0.4 is 4.90 Å². The Kier molecular flexibility index (Phi) is 4.89. The number of aromatic nitrogens is 3. The molecule has 2 heterocycles. The summed E-state index contributed by atoms with van der Waals surface area (Å²) < 4.78 is 0. The lowest BCUT2D eigenvalue weighted by atomic mass is 10.1. The average Bonchev–Trinajstić information content (AvgIpc) is 2.53. The van der Waals surface area contributed by atoms with Crippen molar-refractivity contribution in [1.82, 2.24) is 15.0 Å². The molecule has 0 N–H and O–H groups in total. The average molecular weight is 284 g/mol. The molecule has 4 nitrogen and oxygen atoms in total. The van der Waals surface area contributed by atoms with Gasteiger partial charge in [-0.1, -0.05) is 20.8 Å². The van der Waals surface area contributed by atoms with Gasteiger partial charge in [-0.25, -0.2) is 9.97 Å². The molecular formula is C17H24N4. The van der Waals surface area contributed by atoms with Crippen molar-refractivity contribution in [3.8, 4) is 11.4 Å². The predicted molar refractivity (Wildman–Crippen MR) is 87.3 cm³/mol. The van der Waals surface area contributed by atoms with E-state index in [1.165, 1.54) is 0 Å². The lowest BCUT2D eigenvalue weighted by Crippen LogP contribution is -2.34. The van der Waals surface area contributed by atoms with Gasteiger partial charge < -0.3 is 4.90 Å². The molecule has 2 aromatic rings. The van der Waals surface area contributed by atoms with Crippen molar-refractivity contribution in [2.24, 2.45) is 5.92 Å². The van der Waals surface area contributed by atoms with E-state index in [0.717, 1.165) is 29.3 Å². The Labute approximate surface area is 127 Å².